The first-order valence-corrected chi connectivity index (χ1v) is 8.30. The molecule has 23 heavy (non-hydrogen) atoms. The van der Waals surface area contributed by atoms with E-state index in [0.717, 1.165) is 33.5 Å². The van der Waals surface area contributed by atoms with Crippen LogP contribution in [0.5, 0.6) is 5.75 Å². The highest BCUT2D eigenvalue weighted by Crippen LogP contribution is 2.42. The normalized spacial score (nSPS) is 22.0. The van der Waals surface area contributed by atoms with Crippen molar-refractivity contribution < 1.29 is 9.53 Å². The molecular formula is C18H15BrN2O2. The van der Waals surface area contributed by atoms with E-state index < -0.39 is 6.23 Å². The number of para-hydroxylation sites is 1. The molecule has 2 atom stereocenters. The van der Waals surface area contributed by atoms with E-state index in [1.807, 2.05) is 53.5 Å². The SMILES string of the molecule is CC(=O)[C@H]1Oc2ccccc2[C@@H]2CC(c3ccc(Br)cc3)=NN12. The standard InChI is InChI=1S/C18H15BrN2O2/c1-11(22)18-21-16(14-4-2-3-5-17(14)23-18)10-15(20-21)12-6-8-13(19)9-7-12/h2-9,16,18H,10H2,1H3/t16-,18+/m0/s1. The van der Waals surface area contributed by atoms with Crippen molar-refractivity contribution in [2.24, 2.45) is 5.10 Å². The van der Waals surface area contributed by atoms with E-state index in [-0.39, 0.29) is 11.8 Å². The van der Waals surface area contributed by atoms with E-state index in [9.17, 15) is 4.79 Å². The zero-order chi connectivity index (χ0) is 16.0. The lowest BCUT2D eigenvalue weighted by molar-refractivity contribution is -0.135. The van der Waals surface area contributed by atoms with Crippen LogP contribution < -0.4 is 4.74 Å². The number of hydrazone groups is 1. The summed E-state index contributed by atoms with van der Waals surface area (Å²) in [5.41, 5.74) is 3.14. The molecule has 2 heterocycles. The van der Waals surface area contributed by atoms with Gasteiger partial charge in [-0.3, -0.25) is 4.79 Å². The molecule has 0 radical (unpaired) electrons. The van der Waals surface area contributed by atoms with Gasteiger partial charge in [0.15, 0.2) is 5.78 Å². The van der Waals surface area contributed by atoms with Gasteiger partial charge in [-0.2, -0.15) is 5.10 Å². The summed E-state index contributed by atoms with van der Waals surface area (Å²) in [6.07, 6.45) is 0.119. The van der Waals surface area contributed by atoms with Crippen LogP contribution in [0, 0.1) is 0 Å². The minimum absolute atomic E-state index is 0.0368. The number of fused-ring (bicyclic) bond motifs is 3. The third kappa shape index (κ3) is 2.45. The Hall–Kier alpha value is -2.14. The van der Waals surface area contributed by atoms with Gasteiger partial charge in [-0.25, -0.2) is 5.01 Å². The maximum atomic E-state index is 12.0. The van der Waals surface area contributed by atoms with Gasteiger partial charge in [0.1, 0.15) is 5.75 Å². The number of carbonyl (C=O) groups is 1. The Morgan fingerprint density at radius 1 is 1.22 bits per heavy atom. The molecule has 5 heteroatoms. The maximum Gasteiger partial charge on any atom is 0.246 e. The molecule has 0 aliphatic carbocycles. The van der Waals surface area contributed by atoms with Gasteiger partial charge < -0.3 is 4.74 Å². The summed E-state index contributed by atoms with van der Waals surface area (Å²) in [6.45, 7) is 1.54. The van der Waals surface area contributed by atoms with Gasteiger partial charge >= 0.3 is 0 Å². The lowest BCUT2D eigenvalue weighted by Crippen LogP contribution is -2.44. The topological polar surface area (TPSA) is 41.9 Å². The van der Waals surface area contributed by atoms with Crippen molar-refractivity contribution >= 4 is 27.4 Å². The number of ether oxygens (including phenoxy) is 1. The molecule has 0 unspecified atom stereocenters. The number of ketones is 1. The summed E-state index contributed by atoms with van der Waals surface area (Å²) < 4.78 is 6.91. The first-order chi connectivity index (χ1) is 11.1. The van der Waals surface area contributed by atoms with Crippen molar-refractivity contribution in [3.63, 3.8) is 0 Å². The quantitative estimate of drug-likeness (QED) is 0.804. The van der Waals surface area contributed by atoms with E-state index in [0.29, 0.717) is 0 Å². The molecule has 0 saturated carbocycles. The molecular weight excluding hydrogens is 356 g/mol. The van der Waals surface area contributed by atoms with Crippen molar-refractivity contribution in [3.8, 4) is 5.75 Å². The van der Waals surface area contributed by atoms with Gasteiger partial charge in [-0.05, 0) is 23.8 Å². The third-order valence-corrected chi connectivity index (χ3v) is 4.75. The average Bonchev–Trinajstić information content (AvgIpc) is 3.00. The Labute approximate surface area is 142 Å². The Bertz CT molecular complexity index is 801. The summed E-state index contributed by atoms with van der Waals surface area (Å²) in [6, 6.07) is 16.0. The minimum Gasteiger partial charge on any atom is -0.461 e. The number of hydrogen-bond donors (Lipinski definition) is 0. The van der Waals surface area contributed by atoms with E-state index in [1.54, 1.807) is 6.92 Å². The molecule has 116 valence electrons. The highest BCUT2D eigenvalue weighted by Gasteiger charge is 2.41. The molecule has 0 spiro atoms. The Morgan fingerprint density at radius 2 is 1.96 bits per heavy atom. The molecule has 0 saturated heterocycles. The zero-order valence-electron chi connectivity index (χ0n) is 12.6. The number of nitrogens with zero attached hydrogens (tertiary/aromatic N) is 2. The molecule has 0 bridgehead atoms. The molecule has 4 nitrogen and oxygen atoms in total. The molecule has 2 aromatic rings. The Kier molecular flexibility index (Phi) is 3.45. The van der Waals surface area contributed by atoms with Gasteiger partial charge in [0, 0.05) is 23.4 Å². The molecule has 0 aromatic heterocycles. The maximum absolute atomic E-state index is 12.0. The van der Waals surface area contributed by atoms with Crippen LogP contribution in [0.4, 0.5) is 0 Å². The van der Waals surface area contributed by atoms with Crippen LogP contribution in [-0.4, -0.2) is 22.7 Å². The fraction of sp³-hybridized carbons (Fsp3) is 0.222. The molecule has 0 fully saturated rings. The van der Waals surface area contributed by atoms with Crippen LogP contribution in [0.3, 0.4) is 0 Å². The summed E-state index contributed by atoms with van der Waals surface area (Å²) in [5, 5.41) is 6.51. The lowest BCUT2D eigenvalue weighted by Gasteiger charge is -2.36. The smallest absolute Gasteiger partial charge is 0.246 e. The van der Waals surface area contributed by atoms with Crippen LogP contribution in [0.2, 0.25) is 0 Å². The van der Waals surface area contributed by atoms with Gasteiger partial charge in [-0.15, -0.1) is 0 Å². The first-order valence-electron chi connectivity index (χ1n) is 7.51. The van der Waals surface area contributed by atoms with Gasteiger partial charge in [0.2, 0.25) is 6.23 Å². The van der Waals surface area contributed by atoms with Crippen molar-refractivity contribution in [2.45, 2.75) is 25.6 Å². The van der Waals surface area contributed by atoms with E-state index in [4.69, 9.17) is 9.84 Å². The molecule has 2 aliphatic heterocycles. The fourth-order valence-electron chi connectivity index (χ4n) is 3.12. The first kappa shape index (κ1) is 14.5. The number of benzene rings is 2. The lowest BCUT2D eigenvalue weighted by atomic mass is 9.96. The number of carbonyl (C=O) groups excluding carboxylic acids is 1. The van der Waals surface area contributed by atoms with Gasteiger partial charge in [0.25, 0.3) is 0 Å². The van der Waals surface area contributed by atoms with Crippen LogP contribution >= 0.6 is 15.9 Å². The summed E-state index contributed by atoms with van der Waals surface area (Å²) >= 11 is 3.45. The minimum atomic E-state index is -0.650. The summed E-state index contributed by atoms with van der Waals surface area (Å²) in [5.74, 6) is 0.742. The summed E-state index contributed by atoms with van der Waals surface area (Å²) in [7, 11) is 0. The van der Waals surface area contributed by atoms with Crippen molar-refractivity contribution in [1.29, 1.82) is 0 Å². The van der Waals surface area contributed by atoms with E-state index in [2.05, 4.69) is 15.9 Å². The van der Waals surface area contributed by atoms with Gasteiger partial charge in [0.05, 0.1) is 11.8 Å². The largest absolute Gasteiger partial charge is 0.461 e. The number of hydrogen-bond acceptors (Lipinski definition) is 4. The molecule has 2 aromatic carbocycles. The fourth-order valence-corrected chi connectivity index (χ4v) is 3.38. The molecule has 2 aliphatic rings. The average molecular weight is 371 g/mol. The van der Waals surface area contributed by atoms with Gasteiger partial charge in [-0.1, -0.05) is 46.3 Å². The Balaban J connectivity index is 1.75. The predicted molar refractivity (Wildman–Crippen MR) is 91.4 cm³/mol. The van der Waals surface area contributed by atoms with Crippen LogP contribution in [0.25, 0.3) is 0 Å². The van der Waals surface area contributed by atoms with Crippen LogP contribution in [-0.2, 0) is 4.79 Å². The number of halogens is 1. The van der Waals surface area contributed by atoms with Crippen LogP contribution in [0.1, 0.15) is 30.5 Å². The number of Topliss-reactive ketones (excluding diaryl/α,β-unsaturated/α-hetero) is 1. The van der Waals surface area contributed by atoms with Crippen molar-refractivity contribution in [2.75, 3.05) is 0 Å². The van der Waals surface area contributed by atoms with E-state index in [1.165, 1.54) is 0 Å². The second-order valence-electron chi connectivity index (χ2n) is 5.77. The zero-order valence-corrected chi connectivity index (χ0v) is 14.2. The summed E-state index contributed by atoms with van der Waals surface area (Å²) in [4.78, 5) is 12.0. The highest BCUT2D eigenvalue weighted by atomic mass is 79.9. The van der Waals surface area contributed by atoms with E-state index >= 15 is 0 Å². The number of rotatable bonds is 2. The van der Waals surface area contributed by atoms with Crippen molar-refractivity contribution in [3.05, 3.63) is 64.1 Å². The van der Waals surface area contributed by atoms with Crippen LogP contribution in [0.15, 0.2) is 58.1 Å². The molecule has 4 rings (SSSR count). The molecule has 0 amide bonds. The molecule has 0 N–H and O–H groups in total. The second kappa shape index (κ2) is 5.49. The predicted octanol–water partition coefficient (Wildman–Crippen LogP) is 3.91. The van der Waals surface area contributed by atoms with Crippen molar-refractivity contribution in [1.82, 2.24) is 5.01 Å². The third-order valence-electron chi connectivity index (χ3n) is 4.22. The Morgan fingerprint density at radius 3 is 2.70 bits per heavy atom. The second-order valence-corrected chi connectivity index (χ2v) is 6.69. The monoisotopic (exact) mass is 370 g/mol. The highest BCUT2D eigenvalue weighted by molar-refractivity contribution is 9.10.